The Morgan fingerprint density at radius 3 is 1.70 bits per heavy atom. The van der Waals surface area contributed by atoms with Crippen LogP contribution in [0.5, 0.6) is 0 Å². The molecule has 60 heavy (non-hydrogen) atoms. The summed E-state index contributed by atoms with van der Waals surface area (Å²) in [6.07, 6.45) is 19.4. The number of carboxylic acids is 1. The van der Waals surface area contributed by atoms with Crippen LogP contribution in [-0.2, 0) is 43.1 Å². The molecule has 1 unspecified atom stereocenters. The molecule has 3 atom stereocenters. The number of carboxylic acid groups (broad SMARTS) is 1. The van der Waals surface area contributed by atoms with Crippen LogP contribution in [0.1, 0.15) is 149 Å². The number of ether oxygens (including phenoxy) is 1. The topological polar surface area (TPSA) is 290 Å². The van der Waals surface area contributed by atoms with Crippen molar-refractivity contribution in [1.29, 1.82) is 0 Å². The summed E-state index contributed by atoms with van der Waals surface area (Å²) in [5.41, 5.74) is 10.3. The number of rotatable bonds is 32. The van der Waals surface area contributed by atoms with Crippen LogP contribution in [0.3, 0.4) is 0 Å². The highest BCUT2D eigenvalue weighted by Crippen LogP contribution is 2.18. The Kier molecular flexibility index (Phi) is 37.7. The van der Waals surface area contributed by atoms with Crippen molar-refractivity contribution in [3.8, 4) is 0 Å². The molecule has 1 aliphatic heterocycles. The van der Waals surface area contributed by atoms with E-state index in [0.717, 1.165) is 50.0 Å². The average molecular weight is 858 g/mol. The van der Waals surface area contributed by atoms with Crippen LogP contribution in [0.25, 0.3) is 0 Å². The fourth-order valence-corrected chi connectivity index (χ4v) is 6.39. The van der Waals surface area contributed by atoms with Crippen LogP contribution in [-0.4, -0.2) is 127 Å². The first-order valence-electron chi connectivity index (χ1n) is 21.7. The first-order valence-corrected chi connectivity index (χ1v) is 21.7. The van der Waals surface area contributed by atoms with E-state index < -0.39 is 54.0 Å². The number of Topliss-reactive ketones (excluding diaryl/α,β-unsaturated/α-hetero) is 1. The Morgan fingerprint density at radius 2 is 1.27 bits per heavy atom. The fraction of sp³-hybridized carbons (Fsp3) is 0.810. The summed E-state index contributed by atoms with van der Waals surface area (Å²) >= 11 is 0. The molecular formula is C42H79N7O11. The number of piperidine rings is 1. The number of nitrogens with two attached hydrogens (primary N) is 2. The average Bonchev–Trinajstić information content (AvgIpc) is 3.16. The van der Waals surface area contributed by atoms with Crippen molar-refractivity contribution in [2.45, 2.75) is 161 Å². The van der Waals surface area contributed by atoms with Crippen molar-refractivity contribution in [2.24, 2.45) is 17.4 Å². The number of amides is 6. The minimum Gasteiger partial charge on any atom is -0.481 e. The van der Waals surface area contributed by atoms with Crippen LogP contribution in [0.2, 0.25) is 0 Å². The fourth-order valence-electron chi connectivity index (χ4n) is 6.39. The van der Waals surface area contributed by atoms with Crippen molar-refractivity contribution in [3.05, 3.63) is 0 Å². The molecule has 0 radical (unpaired) electrons. The minimum atomic E-state index is -1.18. The van der Waals surface area contributed by atoms with E-state index in [0.29, 0.717) is 45.6 Å². The van der Waals surface area contributed by atoms with E-state index in [4.69, 9.17) is 26.4 Å². The van der Waals surface area contributed by atoms with Gasteiger partial charge in [-0.05, 0) is 65.0 Å². The van der Waals surface area contributed by atoms with E-state index in [1.807, 2.05) is 0 Å². The molecule has 18 nitrogen and oxygen atoms in total. The van der Waals surface area contributed by atoms with E-state index in [9.17, 15) is 38.4 Å². The predicted molar refractivity (Wildman–Crippen MR) is 229 cm³/mol. The summed E-state index contributed by atoms with van der Waals surface area (Å²) in [4.78, 5) is 91.6. The molecule has 1 fully saturated rings. The maximum Gasteiger partial charge on any atom is 0.303 e. The maximum atomic E-state index is 12.8. The number of nitrogens with zero attached hydrogens (tertiary/aromatic N) is 1. The number of carbonyl (C=O) groups is 8. The van der Waals surface area contributed by atoms with Gasteiger partial charge in [0.25, 0.3) is 0 Å². The Labute approximate surface area is 357 Å². The molecule has 1 heterocycles. The number of aliphatic hydroxyl groups excluding tert-OH is 1. The van der Waals surface area contributed by atoms with Gasteiger partial charge >= 0.3 is 5.97 Å². The Morgan fingerprint density at radius 1 is 0.750 bits per heavy atom. The van der Waals surface area contributed by atoms with E-state index in [1.165, 1.54) is 92.0 Å². The molecule has 0 aromatic rings. The third-order valence-corrected chi connectivity index (χ3v) is 9.30. The molecule has 0 aliphatic carbocycles. The monoisotopic (exact) mass is 858 g/mol. The highest BCUT2D eigenvalue weighted by atomic mass is 16.5. The van der Waals surface area contributed by atoms with Gasteiger partial charge in [-0.2, -0.15) is 0 Å². The van der Waals surface area contributed by atoms with Gasteiger partial charge in [0.15, 0.2) is 0 Å². The van der Waals surface area contributed by atoms with Gasteiger partial charge < -0.3 is 57.4 Å². The Bertz CT molecular complexity index is 1210. The number of aliphatic hydroxyl groups is 1. The van der Waals surface area contributed by atoms with Gasteiger partial charge in [-0.25, -0.2) is 0 Å². The van der Waals surface area contributed by atoms with Crippen molar-refractivity contribution in [2.75, 3.05) is 53.0 Å². The van der Waals surface area contributed by atoms with E-state index in [-0.39, 0.29) is 30.8 Å². The lowest BCUT2D eigenvalue weighted by Crippen LogP contribution is -2.56. The van der Waals surface area contributed by atoms with Crippen LogP contribution in [0.4, 0.5) is 0 Å². The SMILES string of the molecule is CC(=O)N[C@@H](CC(N)=O)C(=O)N[C@@H](CC1CCCNC1)C(=O)N(C)CC(N)=O.CC(C)=O.O=C(O)CCCCCCCCCCCCCCCCC(=O)NCCOCCO. The standard InChI is InChI=1S/C22H43NO5.C17H30N6O5.C3H6O/c24-18-20-28-19-17-23-21(25)15-13-11-9-7-5-3-1-2-4-6-8-10-12-14-16-22(26)27;1-10(24)21-12(7-14(18)25)16(27)22-13(6-11-4-3-5-20-8-11)17(28)23(2)9-15(19)26;1-3(2)4/h24H,1-20H2,(H,23,25)(H,26,27);11-13,20H,3-9H2,1-2H3,(H2,18,25)(H2,19,26)(H,21,24)(H,22,27);1-2H3/t;11?,12-,13-;/m.0./s1. The highest BCUT2D eigenvalue weighted by Gasteiger charge is 2.31. The quantitative estimate of drug-likeness (QED) is 0.0452. The van der Waals surface area contributed by atoms with Crippen molar-refractivity contribution >= 4 is 47.2 Å². The highest BCUT2D eigenvalue weighted by molar-refractivity contribution is 5.95. The number of carbonyl (C=O) groups excluding carboxylic acids is 7. The zero-order chi connectivity index (χ0) is 45.6. The van der Waals surface area contributed by atoms with Crippen molar-refractivity contribution in [3.63, 3.8) is 0 Å². The largest absolute Gasteiger partial charge is 0.481 e. The second-order valence-electron chi connectivity index (χ2n) is 15.5. The number of hydrogen-bond donors (Lipinski definition) is 8. The number of primary amides is 2. The molecule has 0 bridgehead atoms. The van der Waals surface area contributed by atoms with Gasteiger partial charge in [0.05, 0.1) is 32.8 Å². The van der Waals surface area contributed by atoms with Gasteiger partial charge in [0.2, 0.25) is 35.4 Å². The zero-order valence-electron chi connectivity index (χ0n) is 37.0. The predicted octanol–water partition coefficient (Wildman–Crippen LogP) is 2.22. The van der Waals surface area contributed by atoms with Gasteiger partial charge in [0, 0.05) is 33.4 Å². The molecule has 0 aromatic heterocycles. The smallest absolute Gasteiger partial charge is 0.303 e. The lowest BCUT2D eigenvalue weighted by atomic mass is 9.91. The number of hydrogen-bond acceptors (Lipinski definition) is 11. The van der Waals surface area contributed by atoms with E-state index in [1.54, 1.807) is 0 Å². The van der Waals surface area contributed by atoms with Crippen molar-refractivity contribution in [1.82, 2.24) is 26.2 Å². The van der Waals surface area contributed by atoms with Crippen LogP contribution < -0.4 is 32.7 Å². The summed E-state index contributed by atoms with van der Waals surface area (Å²) in [5.74, 6) is -3.38. The van der Waals surface area contributed by atoms with Gasteiger partial charge in [0.1, 0.15) is 17.9 Å². The number of unbranched alkanes of at least 4 members (excludes halogenated alkanes) is 13. The summed E-state index contributed by atoms with van der Waals surface area (Å²) in [6, 6.07) is -2.11. The number of likely N-dealkylation sites (N-methyl/N-ethyl adjacent to an activating group) is 1. The molecule has 10 N–H and O–H groups in total. The third-order valence-electron chi connectivity index (χ3n) is 9.30. The molecule has 1 rings (SSSR count). The Balaban J connectivity index is 0. The second kappa shape index (κ2) is 39.0. The lowest BCUT2D eigenvalue weighted by molar-refractivity contribution is -0.139. The first kappa shape index (κ1) is 57.9. The summed E-state index contributed by atoms with van der Waals surface area (Å²) < 4.78 is 5.09. The molecule has 6 amide bonds. The summed E-state index contributed by atoms with van der Waals surface area (Å²) in [5, 5.41) is 28.1. The van der Waals surface area contributed by atoms with Crippen molar-refractivity contribution < 1.29 is 53.3 Å². The maximum absolute atomic E-state index is 12.8. The molecule has 0 aromatic carbocycles. The molecule has 1 saturated heterocycles. The van der Waals surface area contributed by atoms with E-state index in [2.05, 4.69) is 21.3 Å². The molecule has 0 spiro atoms. The molecule has 18 heteroatoms. The number of nitrogens with one attached hydrogen (secondary N) is 4. The molecule has 1 aliphatic rings. The van der Waals surface area contributed by atoms with Crippen LogP contribution >= 0.6 is 0 Å². The van der Waals surface area contributed by atoms with E-state index >= 15 is 0 Å². The van der Waals surface area contributed by atoms with Gasteiger partial charge in [-0.15, -0.1) is 0 Å². The number of ketones is 1. The Hall–Kier alpha value is -4.16. The minimum absolute atomic E-state index is 0.0194. The molecule has 348 valence electrons. The number of aliphatic carboxylic acids is 1. The lowest BCUT2D eigenvalue weighted by Gasteiger charge is -2.30. The van der Waals surface area contributed by atoms with Crippen LogP contribution in [0, 0.1) is 5.92 Å². The third kappa shape index (κ3) is 39.3. The molecular weight excluding hydrogens is 778 g/mol. The summed E-state index contributed by atoms with van der Waals surface area (Å²) in [6.45, 7) is 6.89. The molecule has 0 saturated carbocycles. The zero-order valence-corrected chi connectivity index (χ0v) is 37.0. The second-order valence-corrected chi connectivity index (χ2v) is 15.5. The van der Waals surface area contributed by atoms with Crippen LogP contribution in [0.15, 0.2) is 0 Å². The van der Waals surface area contributed by atoms with Gasteiger partial charge in [-0.1, -0.05) is 77.0 Å². The summed E-state index contributed by atoms with van der Waals surface area (Å²) in [7, 11) is 1.42. The first-order chi connectivity index (χ1) is 28.5. The van der Waals surface area contributed by atoms with Gasteiger partial charge in [-0.3, -0.25) is 33.6 Å². The normalized spacial score (nSPS) is 14.1.